The highest BCUT2D eigenvalue weighted by atomic mass is 16.5. The Morgan fingerprint density at radius 3 is 1.69 bits per heavy atom. The van der Waals surface area contributed by atoms with E-state index in [-0.39, 0.29) is 33.8 Å². The minimum Gasteiger partial charge on any atom is -0.507 e. The highest BCUT2D eigenvalue weighted by Crippen LogP contribution is 2.43. The summed E-state index contributed by atoms with van der Waals surface area (Å²) in [6.45, 7) is 3.95. The minimum absolute atomic E-state index is 0.193. The SMILES string of the molecule is CCc1ccc2oc(=O)c(C(c3cccc(Oc4ccccc4)c3)c3c(O)c4cc(CC)ccc4oc3=O)c(O)c2c1. The van der Waals surface area contributed by atoms with Crippen LogP contribution in [0.2, 0.25) is 0 Å². The minimum atomic E-state index is -1.25. The van der Waals surface area contributed by atoms with E-state index >= 15 is 0 Å². The lowest BCUT2D eigenvalue weighted by Crippen LogP contribution is -2.21. The fraction of sp³-hybridized carbons (Fsp3) is 0.143. The Hall–Kier alpha value is -5.30. The van der Waals surface area contributed by atoms with Crippen LogP contribution in [-0.4, -0.2) is 10.2 Å². The fourth-order valence-corrected chi connectivity index (χ4v) is 5.30. The van der Waals surface area contributed by atoms with Gasteiger partial charge < -0.3 is 23.8 Å². The third-order valence-corrected chi connectivity index (χ3v) is 7.52. The molecule has 2 heterocycles. The molecule has 42 heavy (non-hydrogen) atoms. The zero-order valence-corrected chi connectivity index (χ0v) is 23.1. The number of para-hydroxylation sites is 1. The summed E-state index contributed by atoms with van der Waals surface area (Å²) in [5, 5.41) is 23.9. The number of aromatic hydroxyl groups is 2. The number of ether oxygens (including phenoxy) is 1. The Morgan fingerprint density at radius 2 is 1.17 bits per heavy atom. The monoisotopic (exact) mass is 560 g/mol. The van der Waals surface area contributed by atoms with Gasteiger partial charge in [-0.2, -0.15) is 0 Å². The number of fused-ring (bicyclic) bond motifs is 2. The molecule has 0 amide bonds. The van der Waals surface area contributed by atoms with Crippen LogP contribution in [-0.2, 0) is 12.8 Å². The first-order valence-electron chi connectivity index (χ1n) is 13.8. The van der Waals surface area contributed by atoms with Gasteiger partial charge in [0.25, 0.3) is 0 Å². The molecule has 210 valence electrons. The van der Waals surface area contributed by atoms with E-state index in [9.17, 15) is 19.8 Å². The molecule has 0 spiro atoms. The molecule has 0 radical (unpaired) electrons. The van der Waals surface area contributed by atoms with Crippen molar-refractivity contribution in [2.24, 2.45) is 0 Å². The number of rotatable bonds is 7. The first-order valence-corrected chi connectivity index (χ1v) is 13.8. The molecule has 2 N–H and O–H groups in total. The van der Waals surface area contributed by atoms with Crippen molar-refractivity contribution in [2.75, 3.05) is 0 Å². The Bertz CT molecular complexity index is 1950. The maximum atomic E-state index is 13.6. The summed E-state index contributed by atoms with van der Waals surface area (Å²) in [7, 11) is 0. The molecule has 4 aromatic carbocycles. The second-order valence-corrected chi connectivity index (χ2v) is 10.1. The lowest BCUT2D eigenvalue weighted by Gasteiger charge is -2.20. The van der Waals surface area contributed by atoms with Gasteiger partial charge in [-0.25, -0.2) is 9.59 Å². The number of benzene rings is 4. The van der Waals surface area contributed by atoms with E-state index in [1.54, 1.807) is 60.7 Å². The summed E-state index contributed by atoms with van der Waals surface area (Å²) in [4.78, 5) is 27.2. The molecule has 2 aromatic heterocycles. The molecule has 6 rings (SSSR count). The van der Waals surface area contributed by atoms with Crippen LogP contribution in [0.15, 0.2) is 109 Å². The van der Waals surface area contributed by atoms with Crippen molar-refractivity contribution in [1.82, 2.24) is 0 Å². The van der Waals surface area contributed by atoms with Gasteiger partial charge in [-0.05, 0) is 78.1 Å². The van der Waals surface area contributed by atoms with Crippen LogP contribution in [0.1, 0.15) is 47.6 Å². The molecule has 0 aliphatic carbocycles. The van der Waals surface area contributed by atoms with E-state index in [2.05, 4.69) is 0 Å². The van der Waals surface area contributed by atoms with E-state index in [0.29, 0.717) is 40.7 Å². The molecule has 0 bridgehead atoms. The Kier molecular flexibility index (Phi) is 7.00. The largest absolute Gasteiger partial charge is 0.507 e. The van der Waals surface area contributed by atoms with Gasteiger partial charge in [-0.1, -0.05) is 56.3 Å². The summed E-state index contributed by atoms with van der Waals surface area (Å²) >= 11 is 0. The van der Waals surface area contributed by atoms with Crippen molar-refractivity contribution in [3.63, 3.8) is 0 Å². The second-order valence-electron chi connectivity index (χ2n) is 10.1. The Labute approximate surface area is 240 Å². The van der Waals surface area contributed by atoms with Gasteiger partial charge in [-0.3, -0.25) is 0 Å². The maximum absolute atomic E-state index is 13.6. The van der Waals surface area contributed by atoms with Gasteiger partial charge in [0, 0.05) is 0 Å². The lowest BCUT2D eigenvalue weighted by molar-refractivity contribution is 0.441. The van der Waals surface area contributed by atoms with Crippen molar-refractivity contribution >= 4 is 21.9 Å². The average Bonchev–Trinajstić information content (AvgIpc) is 3.00. The zero-order valence-electron chi connectivity index (χ0n) is 23.1. The highest BCUT2D eigenvalue weighted by Gasteiger charge is 2.33. The molecular weight excluding hydrogens is 532 g/mol. The normalized spacial score (nSPS) is 11.4. The average molecular weight is 561 g/mol. The highest BCUT2D eigenvalue weighted by molar-refractivity contribution is 5.87. The van der Waals surface area contributed by atoms with E-state index in [4.69, 9.17) is 13.6 Å². The van der Waals surface area contributed by atoms with E-state index in [0.717, 1.165) is 11.1 Å². The van der Waals surface area contributed by atoms with Crippen molar-refractivity contribution in [2.45, 2.75) is 32.6 Å². The van der Waals surface area contributed by atoms with Crippen LogP contribution >= 0.6 is 0 Å². The van der Waals surface area contributed by atoms with E-state index in [1.165, 1.54) is 0 Å². The van der Waals surface area contributed by atoms with Gasteiger partial charge in [0.15, 0.2) is 0 Å². The summed E-state index contributed by atoms with van der Waals surface area (Å²) in [5.74, 6) is -0.901. The van der Waals surface area contributed by atoms with Gasteiger partial charge in [0.1, 0.15) is 34.2 Å². The molecule has 0 atom stereocenters. The number of hydrogen-bond donors (Lipinski definition) is 2. The summed E-state index contributed by atoms with van der Waals surface area (Å²) < 4.78 is 17.4. The molecule has 0 saturated heterocycles. The zero-order chi connectivity index (χ0) is 29.4. The van der Waals surface area contributed by atoms with E-state index < -0.39 is 17.2 Å². The molecular formula is C35H28O7. The van der Waals surface area contributed by atoms with E-state index in [1.807, 2.05) is 44.2 Å². The van der Waals surface area contributed by atoms with Crippen molar-refractivity contribution in [1.29, 1.82) is 0 Å². The second kappa shape index (κ2) is 10.9. The predicted octanol–water partition coefficient (Wildman–Crippen LogP) is 7.41. The molecule has 7 nitrogen and oxygen atoms in total. The lowest BCUT2D eigenvalue weighted by atomic mass is 9.84. The summed E-state index contributed by atoms with van der Waals surface area (Å²) in [6, 6.07) is 26.4. The summed E-state index contributed by atoms with van der Waals surface area (Å²) in [5.41, 5.74) is 0.601. The Morgan fingerprint density at radius 1 is 0.643 bits per heavy atom. The van der Waals surface area contributed by atoms with Gasteiger partial charge in [0.2, 0.25) is 0 Å². The standard InChI is InChI=1S/C35H28O7/c1-3-20-13-15-27-25(17-20)32(36)30(34(38)41-27)29(22-9-8-12-24(19-22)40-23-10-6-5-7-11-23)31-33(37)26-18-21(4-2)14-16-28(26)42-35(31)39/h5-19,29,36-37H,3-4H2,1-2H3. The summed E-state index contributed by atoms with van der Waals surface area (Å²) in [6.07, 6.45) is 1.39. The molecule has 0 aliphatic rings. The van der Waals surface area contributed by atoms with Crippen LogP contribution < -0.4 is 16.0 Å². The van der Waals surface area contributed by atoms with Crippen LogP contribution in [0, 0.1) is 0 Å². The maximum Gasteiger partial charge on any atom is 0.344 e. The quantitative estimate of drug-likeness (QED) is 0.196. The van der Waals surface area contributed by atoms with Crippen LogP contribution in [0.3, 0.4) is 0 Å². The third kappa shape index (κ3) is 4.79. The smallest absolute Gasteiger partial charge is 0.344 e. The predicted molar refractivity (Wildman–Crippen MR) is 161 cm³/mol. The van der Waals surface area contributed by atoms with Crippen LogP contribution in [0.5, 0.6) is 23.0 Å². The van der Waals surface area contributed by atoms with Gasteiger partial charge in [-0.15, -0.1) is 0 Å². The van der Waals surface area contributed by atoms with Crippen LogP contribution in [0.4, 0.5) is 0 Å². The molecule has 0 saturated carbocycles. The molecule has 6 aromatic rings. The topological polar surface area (TPSA) is 110 Å². The fourth-order valence-electron chi connectivity index (χ4n) is 5.30. The molecule has 7 heteroatoms. The Balaban J connectivity index is 1.65. The number of aryl methyl sites for hydroxylation is 2. The molecule has 0 unspecified atom stereocenters. The molecule has 0 fully saturated rings. The number of hydrogen-bond acceptors (Lipinski definition) is 7. The van der Waals surface area contributed by atoms with Crippen molar-refractivity contribution < 1.29 is 23.8 Å². The van der Waals surface area contributed by atoms with Crippen molar-refractivity contribution in [3.8, 4) is 23.0 Å². The van der Waals surface area contributed by atoms with Gasteiger partial charge >= 0.3 is 11.3 Å². The molecule has 0 aliphatic heterocycles. The first kappa shape index (κ1) is 26.9. The first-order chi connectivity index (χ1) is 20.4. The third-order valence-electron chi connectivity index (χ3n) is 7.52. The van der Waals surface area contributed by atoms with Crippen molar-refractivity contribution in [3.05, 3.63) is 140 Å². The van der Waals surface area contributed by atoms with Crippen LogP contribution in [0.25, 0.3) is 21.9 Å². The van der Waals surface area contributed by atoms with Gasteiger partial charge in [0.05, 0.1) is 27.8 Å².